The average Bonchev–Trinajstić information content (AvgIpc) is 2.47. The lowest BCUT2D eigenvalue weighted by Crippen LogP contribution is -2.31. The Morgan fingerprint density at radius 3 is 2.84 bits per heavy atom. The van der Waals surface area contributed by atoms with Crippen LogP contribution in [0.3, 0.4) is 0 Å². The van der Waals surface area contributed by atoms with Crippen molar-refractivity contribution in [1.29, 1.82) is 0 Å². The van der Waals surface area contributed by atoms with E-state index < -0.39 is 6.10 Å². The van der Waals surface area contributed by atoms with Crippen LogP contribution >= 0.6 is 0 Å². The van der Waals surface area contributed by atoms with Crippen LogP contribution in [-0.4, -0.2) is 31.4 Å². The zero-order valence-corrected chi connectivity index (χ0v) is 11.2. The number of carbonyl (C=O) groups is 1. The molecule has 4 nitrogen and oxygen atoms in total. The number of para-hydroxylation sites is 1. The maximum atomic E-state index is 11.8. The van der Waals surface area contributed by atoms with Gasteiger partial charge in [-0.2, -0.15) is 0 Å². The minimum Gasteiger partial charge on any atom is -0.425 e. The average molecular weight is 264 g/mol. The summed E-state index contributed by atoms with van der Waals surface area (Å²) in [5.74, 6) is 0.166. The third-order valence-electron chi connectivity index (χ3n) is 3.10. The van der Waals surface area contributed by atoms with Crippen molar-refractivity contribution in [2.45, 2.75) is 38.4 Å². The topological polar surface area (TPSA) is 44.8 Å². The van der Waals surface area contributed by atoms with Crippen molar-refractivity contribution in [3.63, 3.8) is 0 Å². The van der Waals surface area contributed by atoms with Crippen molar-refractivity contribution in [1.82, 2.24) is 0 Å². The van der Waals surface area contributed by atoms with Gasteiger partial charge in [-0.3, -0.25) is 0 Å². The second-order valence-corrected chi connectivity index (χ2v) is 4.70. The third-order valence-corrected chi connectivity index (χ3v) is 3.10. The van der Waals surface area contributed by atoms with Crippen molar-refractivity contribution in [2.75, 3.05) is 13.2 Å². The molecule has 1 aromatic carbocycles. The second-order valence-electron chi connectivity index (χ2n) is 4.70. The molecular formula is C15H20O4. The van der Waals surface area contributed by atoms with Crippen LogP contribution in [0.15, 0.2) is 30.3 Å². The first-order valence-corrected chi connectivity index (χ1v) is 6.75. The van der Waals surface area contributed by atoms with Gasteiger partial charge in [-0.25, -0.2) is 4.79 Å². The molecule has 104 valence electrons. The molecule has 2 rings (SSSR count). The largest absolute Gasteiger partial charge is 0.425 e. The minimum absolute atomic E-state index is 0.112. The molecular weight excluding hydrogens is 244 g/mol. The van der Waals surface area contributed by atoms with Gasteiger partial charge in [-0.15, -0.1) is 0 Å². The lowest BCUT2D eigenvalue weighted by Gasteiger charge is -2.23. The summed E-state index contributed by atoms with van der Waals surface area (Å²) in [6.45, 7) is 2.94. The van der Waals surface area contributed by atoms with Crippen molar-refractivity contribution in [2.24, 2.45) is 0 Å². The summed E-state index contributed by atoms with van der Waals surface area (Å²) >= 11 is 0. The van der Waals surface area contributed by atoms with Gasteiger partial charge < -0.3 is 14.2 Å². The van der Waals surface area contributed by atoms with Crippen LogP contribution in [0.5, 0.6) is 5.75 Å². The summed E-state index contributed by atoms with van der Waals surface area (Å²) in [5.41, 5.74) is 0. The Bertz CT molecular complexity index is 384. The van der Waals surface area contributed by atoms with E-state index in [1.54, 1.807) is 19.1 Å². The van der Waals surface area contributed by atoms with E-state index in [4.69, 9.17) is 14.2 Å². The SMILES string of the molecule is CC(OCC1CCCCO1)C(=O)Oc1ccccc1. The lowest BCUT2D eigenvalue weighted by atomic mass is 10.1. The predicted octanol–water partition coefficient (Wildman–Crippen LogP) is 2.57. The molecule has 1 aliphatic rings. The standard InChI is InChI=1S/C15H20O4/c1-12(18-11-14-9-5-6-10-17-14)15(16)19-13-7-3-2-4-8-13/h2-4,7-8,12,14H,5-6,9-11H2,1H3. The van der Waals surface area contributed by atoms with Gasteiger partial charge in [0.05, 0.1) is 12.7 Å². The molecule has 0 radical (unpaired) electrons. The van der Waals surface area contributed by atoms with Gasteiger partial charge in [0.25, 0.3) is 0 Å². The minimum atomic E-state index is -0.578. The highest BCUT2D eigenvalue weighted by molar-refractivity contribution is 5.76. The Morgan fingerprint density at radius 2 is 2.16 bits per heavy atom. The van der Waals surface area contributed by atoms with Crippen LogP contribution in [0.25, 0.3) is 0 Å². The molecule has 0 saturated carbocycles. The molecule has 0 N–H and O–H groups in total. The Morgan fingerprint density at radius 1 is 1.37 bits per heavy atom. The molecule has 0 aliphatic carbocycles. The Labute approximate surface area is 113 Å². The van der Waals surface area contributed by atoms with E-state index in [1.807, 2.05) is 18.2 Å². The smallest absolute Gasteiger partial charge is 0.340 e. The fourth-order valence-corrected chi connectivity index (χ4v) is 1.95. The Hall–Kier alpha value is -1.39. The quantitative estimate of drug-likeness (QED) is 0.605. The van der Waals surface area contributed by atoms with Gasteiger partial charge in [0.1, 0.15) is 5.75 Å². The van der Waals surface area contributed by atoms with E-state index in [9.17, 15) is 4.79 Å². The van der Waals surface area contributed by atoms with Crippen molar-refractivity contribution >= 4 is 5.97 Å². The van der Waals surface area contributed by atoms with Crippen LogP contribution < -0.4 is 4.74 Å². The van der Waals surface area contributed by atoms with Gasteiger partial charge in [0, 0.05) is 6.61 Å². The first kappa shape index (κ1) is 14.0. The van der Waals surface area contributed by atoms with Crippen LogP contribution in [0.4, 0.5) is 0 Å². The molecule has 1 aromatic rings. The number of carbonyl (C=O) groups excluding carboxylic acids is 1. The first-order valence-electron chi connectivity index (χ1n) is 6.75. The van der Waals surface area contributed by atoms with Crippen molar-refractivity contribution in [3.8, 4) is 5.75 Å². The maximum Gasteiger partial charge on any atom is 0.340 e. The van der Waals surface area contributed by atoms with Gasteiger partial charge in [-0.05, 0) is 38.3 Å². The molecule has 1 heterocycles. The van der Waals surface area contributed by atoms with E-state index in [-0.39, 0.29) is 12.1 Å². The highest BCUT2D eigenvalue weighted by Crippen LogP contribution is 2.14. The second kappa shape index (κ2) is 7.26. The Balaban J connectivity index is 1.73. The molecule has 2 unspecified atom stereocenters. The van der Waals surface area contributed by atoms with Gasteiger partial charge in [-0.1, -0.05) is 18.2 Å². The summed E-state index contributed by atoms with van der Waals surface area (Å²) in [4.78, 5) is 11.8. The fourth-order valence-electron chi connectivity index (χ4n) is 1.95. The molecule has 0 amide bonds. The van der Waals surface area contributed by atoms with Crippen molar-refractivity contribution < 1.29 is 19.0 Å². The summed E-state index contributed by atoms with van der Waals surface area (Å²) in [6.07, 6.45) is 2.81. The lowest BCUT2D eigenvalue weighted by molar-refractivity contribution is -0.149. The molecule has 0 spiro atoms. The monoisotopic (exact) mass is 264 g/mol. The van der Waals surface area contributed by atoms with E-state index >= 15 is 0 Å². The first-order chi connectivity index (χ1) is 9.25. The van der Waals surface area contributed by atoms with Crippen LogP contribution in [-0.2, 0) is 14.3 Å². The van der Waals surface area contributed by atoms with Gasteiger partial charge in [0.15, 0.2) is 6.10 Å². The zero-order chi connectivity index (χ0) is 13.5. The molecule has 0 bridgehead atoms. The molecule has 1 aliphatic heterocycles. The normalized spacial score (nSPS) is 20.8. The van der Waals surface area contributed by atoms with Crippen LogP contribution in [0.2, 0.25) is 0 Å². The van der Waals surface area contributed by atoms with Crippen LogP contribution in [0, 0.1) is 0 Å². The summed E-state index contributed by atoms with van der Waals surface area (Å²) in [6, 6.07) is 9.01. The highest BCUT2D eigenvalue weighted by atomic mass is 16.6. The highest BCUT2D eigenvalue weighted by Gasteiger charge is 2.20. The van der Waals surface area contributed by atoms with Gasteiger partial charge >= 0.3 is 5.97 Å². The fraction of sp³-hybridized carbons (Fsp3) is 0.533. The van der Waals surface area contributed by atoms with E-state index in [0.717, 1.165) is 25.9 Å². The predicted molar refractivity (Wildman–Crippen MR) is 71.1 cm³/mol. The number of esters is 1. The summed E-state index contributed by atoms with van der Waals surface area (Å²) in [7, 11) is 0. The molecule has 0 aromatic heterocycles. The molecule has 4 heteroatoms. The molecule has 2 atom stereocenters. The van der Waals surface area contributed by atoms with E-state index in [2.05, 4.69) is 0 Å². The summed E-state index contributed by atoms with van der Waals surface area (Å²) < 4.78 is 16.3. The number of hydrogen-bond acceptors (Lipinski definition) is 4. The number of benzene rings is 1. The number of ether oxygens (including phenoxy) is 3. The number of rotatable bonds is 5. The number of hydrogen-bond donors (Lipinski definition) is 0. The van der Waals surface area contributed by atoms with Crippen LogP contribution in [0.1, 0.15) is 26.2 Å². The molecule has 1 saturated heterocycles. The van der Waals surface area contributed by atoms with E-state index in [0.29, 0.717) is 12.4 Å². The Kier molecular flexibility index (Phi) is 5.36. The van der Waals surface area contributed by atoms with Crippen molar-refractivity contribution in [3.05, 3.63) is 30.3 Å². The third kappa shape index (κ3) is 4.65. The summed E-state index contributed by atoms with van der Waals surface area (Å²) in [5, 5.41) is 0. The zero-order valence-electron chi connectivity index (χ0n) is 11.2. The maximum absolute atomic E-state index is 11.8. The van der Waals surface area contributed by atoms with Gasteiger partial charge in [0.2, 0.25) is 0 Å². The molecule has 19 heavy (non-hydrogen) atoms. The van der Waals surface area contributed by atoms with E-state index in [1.165, 1.54) is 0 Å². The molecule has 1 fully saturated rings.